The third kappa shape index (κ3) is 3.63. The maximum Gasteiger partial charge on any atom is 0.139 e. The summed E-state index contributed by atoms with van der Waals surface area (Å²) < 4.78 is 0. The molecule has 0 radical (unpaired) electrons. The van der Waals surface area contributed by atoms with Gasteiger partial charge in [0.25, 0.3) is 0 Å². The number of benzene rings is 1. The Kier molecular flexibility index (Phi) is 4.20. The highest BCUT2D eigenvalue weighted by molar-refractivity contribution is 6.05. The van der Waals surface area contributed by atoms with E-state index < -0.39 is 0 Å². The van der Waals surface area contributed by atoms with Gasteiger partial charge in [-0.2, -0.15) is 0 Å². The first kappa shape index (κ1) is 13.7. The summed E-state index contributed by atoms with van der Waals surface area (Å²) in [7, 11) is 0. The minimum atomic E-state index is 0.281. The number of aliphatic imine (C=N–C) groups is 1. The molecular formula is C18H18N2O. The molecule has 3 nitrogen and oxygen atoms in total. The van der Waals surface area contributed by atoms with Gasteiger partial charge < -0.3 is 0 Å². The molecule has 0 aliphatic heterocycles. The van der Waals surface area contributed by atoms with Crippen molar-refractivity contribution in [1.82, 2.24) is 4.98 Å². The van der Waals surface area contributed by atoms with E-state index in [1.165, 1.54) is 5.56 Å². The van der Waals surface area contributed by atoms with Crippen LogP contribution in [0.2, 0.25) is 0 Å². The Morgan fingerprint density at radius 3 is 2.57 bits per heavy atom. The lowest BCUT2D eigenvalue weighted by atomic mass is 9.82. The molecule has 106 valence electrons. The SMILES string of the molecule is O=C1CC(=NCc2ccncc2)C[C@@H](c2ccccc2)C1. The summed E-state index contributed by atoms with van der Waals surface area (Å²) in [6, 6.07) is 14.2. The van der Waals surface area contributed by atoms with E-state index in [1.54, 1.807) is 12.4 Å². The number of carbonyl (C=O) groups excluding carboxylic acids is 1. The van der Waals surface area contributed by atoms with Crippen LogP contribution in [-0.4, -0.2) is 16.5 Å². The Labute approximate surface area is 124 Å². The van der Waals surface area contributed by atoms with E-state index in [0.717, 1.165) is 17.7 Å². The Balaban J connectivity index is 1.73. The van der Waals surface area contributed by atoms with E-state index in [9.17, 15) is 4.79 Å². The largest absolute Gasteiger partial charge is 0.299 e. The molecule has 3 heteroatoms. The average molecular weight is 278 g/mol. The Morgan fingerprint density at radius 2 is 1.81 bits per heavy atom. The van der Waals surface area contributed by atoms with Crippen LogP contribution >= 0.6 is 0 Å². The maximum absolute atomic E-state index is 12.0. The molecule has 1 saturated carbocycles. The summed E-state index contributed by atoms with van der Waals surface area (Å²) >= 11 is 0. The summed E-state index contributed by atoms with van der Waals surface area (Å²) in [4.78, 5) is 20.6. The highest BCUT2D eigenvalue weighted by Gasteiger charge is 2.24. The molecule has 3 rings (SSSR count). The standard InChI is InChI=1S/C18H18N2O/c21-18-11-16(15-4-2-1-3-5-15)10-17(12-18)20-13-14-6-8-19-9-7-14/h1-9,16H,10-13H2/t16-/m1/s1. The van der Waals surface area contributed by atoms with Crippen LogP contribution in [0.3, 0.4) is 0 Å². The predicted molar refractivity (Wildman–Crippen MR) is 83.4 cm³/mol. The van der Waals surface area contributed by atoms with Crippen molar-refractivity contribution < 1.29 is 4.79 Å². The summed E-state index contributed by atoms with van der Waals surface area (Å²) in [5.74, 6) is 0.576. The third-order valence-corrected chi connectivity index (χ3v) is 3.86. The van der Waals surface area contributed by atoms with E-state index in [-0.39, 0.29) is 5.92 Å². The number of rotatable bonds is 3. The Bertz CT molecular complexity index is 635. The Hall–Kier alpha value is -2.29. The second kappa shape index (κ2) is 6.44. The topological polar surface area (TPSA) is 42.3 Å². The van der Waals surface area contributed by atoms with Gasteiger partial charge >= 0.3 is 0 Å². The van der Waals surface area contributed by atoms with Gasteiger partial charge in [-0.15, -0.1) is 0 Å². The van der Waals surface area contributed by atoms with Crippen LogP contribution in [0.25, 0.3) is 0 Å². The highest BCUT2D eigenvalue weighted by Crippen LogP contribution is 2.29. The maximum atomic E-state index is 12.0. The fraction of sp³-hybridized carbons (Fsp3) is 0.278. The molecule has 1 aromatic heterocycles. The first-order valence-corrected chi connectivity index (χ1v) is 7.29. The van der Waals surface area contributed by atoms with Crippen molar-refractivity contribution in [2.45, 2.75) is 31.7 Å². The van der Waals surface area contributed by atoms with Crippen molar-refractivity contribution >= 4 is 11.5 Å². The molecule has 0 amide bonds. The number of ketones is 1. The number of hydrogen-bond donors (Lipinski definition) is 0. The van der Waals surface area contributed by atoms with Crippen LogP contribution in [0.15, 0.2) is 59.9 Å². The molecule has 21 heavy (non-hydrogen) atoms. The van der Waals surface area contributed by atoms with Gasteiger partial charge in [0.2, 0.25) is 0 Å². The first-order chi connectivity index (χ1) is 10.3. The number of carbonyl (C=O) groups is 1. The molecule has 0 spiro atoms. The van der Waals surface area contributed by atoms with Gasteiger partial charge in [0.05, 0.1) is 6.54 Å². The van der Waals surface area contributed by atoms with Crippen molar-refractivity contribution in [3.8, 4) is 0 Å². The van der Waals surface area contributed by atoms with Crippen LogP contribution in [0.4, 0.5) is 0 Å². The molecular weight excluding hydrogens is 260 g/mol. The van der Waals surface area contributed by atoms with E-state index in [2.05, 4.69) is 22.1 Å². The van der Waals surface area contributed by atoms with E-state index >= 15 is 0 Å². The van der Waals surface area contributed by atoms with Gasteiger partial charge in [-0.1, -0.05) is 30.3 Å². The first-order valence-electron chi connectivity index (χ1n) is 7.29. The van der Waals surface area contributed by atoms with Crippen LogP contribution in [-0.2, 0) is 11.3 Å². The molecule has 1 aliphatic rings. The average Bonchev–Trinajstić information content (AvgIpc) is 2.54. The van der Waals surface area contributed by atoms with E-state index in [1.807, 2.05) is 30.3 Å². The molecule has 1 fully saturated rings. The lowest BCUT2D eigenvalue weighted by Crippen LogP contribution is -2.21. The minimum Gasteiger partial charge on any atom is -0.299 e. The summed E-state index contributed by atoms with van der Waals surface area (Å²) in [6.07, 6.45) is 5.58. The number of nitrogens with zero attached hydrogens (tertiary/aromatic N) is 2. The second-order valence-electron chi connectivity index (χ2n) is 5.47. The molecule has 2 aromatic rings. The van der Waals surface area contributed by atoms with Gasteiger partial charge in [0.15, 0.2) is 0 Å². The van der Waals surface area contributed by atoms with E-state index in [0.29, 0.717) is 25.2 Å². The smallest absolute Gasteiger partial charge is 0.139 e. The fourth-order valence-electron chi connectivity index (χ4n) is 2.78. The van der Waals surface area contributed by atoms with Crippen molar-refractivity contribution in [1.29, 1.82) is 0 Å². The lowest BCUT2D eigenvalue weighted by molar-refractivity contribution is -0.118. The summed E-state index contributed by atoms with van der Waals surface area (Å²) in [5, 5.41) is 0. The molecule has 1 aliphatic carbocycles. The fourth-order valence-corrected chi connectivity index (χ4v) is 2.78. The van der Waals surface area contributed by atoms with Crippen LogP contribution < -0.4 is 0 Å². The number of aromatic nitrogens is 1. The number of pyridine rings is 1. The molecule has 0 saturated heterocycles. The quantitative estimate of drug-likeness (QED) is 0.861. The number of Topliss-reactive ketones (excluding diaryl/α,β-unsaturated/α-hetero) is 1. The second-order valence-corrected chi connectivity index (χ2v) is 5.47. The van der Waals surface area contributed by atoms with Crippen molar-refractivity contribution in [2.75, 3.05) is 0 Å². The molecule has 1 heterocycles. The molecule has 1 aromatic carbocycles. The van der Waals surface area contributed by atoms with Gasteiger partial charge in [0, 0.05) is 30.9 Å². The van der Waals surface area contributed by atoms with Gasteiger partial charge in [-0.05, 0) is 35.6 Å². The molecule has 0 bridgehead atoms. The van der Waals surface area contributed by atoms with Crippen LogP contribution in [0.5, 0.6) is 0 Å². The zero-order valence-corrected chi connectivity index (χ0v) is 11.9. The van der Waals surface area contributed by atoms with Crippen molar-refractivity contribution in [2.24, 2.45) is 4.99 Å². The normalized spacial score (nSPS) is 20.7. The third-order valence-electron chi connectivity index (χ3n) is 3.86. The Morgan fingerprint density at radius 1 is 1.05 bits per heavy atom. The highest BCUT2D eigenvalue weighted by atomic mass is 16.1. The van der Waals surface area contributed by atoms with Crippen LogP contribution in [0, 0.1) is 0 Å². The van der Waals surface area contributed by atoms with Gasteiger partial charge in [-0.25, -0.2) is 0 Å². The number of hydrogen-bond acceptors (Lipinski definition) is 3. The predicted octanol–water partition coefficient (Wildman–Crippen LogP) is 3.56. The van der Waals surface area contributed by atoms with Gasteiger partial charge in [-0.3, -0.25) is 14.8 Å². The lowest BCUT2D eigenvalue weighted by Gasteiger charge is -2.23. The molecule has 1 atom stereocenters. The zero-order valence-electron chi connectivity index (χ0n) is 11.9. The monoisotopic (exact) mass is 278 g/mol. The molecule has 0 unspecified atom stereocenters. The summed E-state index contributed by atoms with van der Waals surface area (Å²) in [5.41, 5.74) is 3.39. The minimum absolute atomic E-state index is 0.281. The molecule has 0 N–H and O–H groups in total. The van der Waals surface area contributed by atoms with Crippen LogP contribution in [0.1, 0.15) is 36.3 Å². The summed E-state index contributed by atoms with van der Waals surface area (Å²) in [6.45, 7) is 0.632. The van der Waals surface area contributed by atoms with E-state index in [4.69, 9.17) is 0 Å². The zero-order chi connectivity index (χ0) is 14.5. The van der Waals surface area contributed by atoms with Crippen molar-refractivity contribution in [3.05, 3.63) is 66.0 Å². The van der Waals surface area contributed by atoms with Crippen molar-refractivity contribution in [3.63, 3.8) is 0 Å². The van der Waals surface area contributed by atoms with Gasteiger partial charge in [0.1, 0.15) is 5.78 Å².